The standard InChI is InChI=1S/C15H20N2O2/c16-14-3-1-12(2-4-14)11-17-7-5-13(6-8-17)15-18-9-10-19-15/h1-4,9-10,13,15H,5-8,11,16H2. The first kappa shape index (κ1) is 12.4. The number of anilines is 1. The van der Waals surface area contributed by atoms with E-state index in [1.807, 2.05) is 12.1 Å². The molecule has 0 unspecified atom stereocenters. The number of rotatable bonds is 3. The summed E-state index contributed by atoms with van der Waals surface area (Å²) in [4.78, 5) is 2.48. The SMILES string of the molecule is Nc1ccc(CN2CCC(C3OC=CO3)CC2)cc1. The highest BCUT2D eigenvalue weighted by molar-refractivity contribution is 5.39. The Morgan fingerprint density at radius 3 is 2.32 bits per heavy atom. The van der Waals surface area contributed by atoms with E-state index in [2.05, 4.69) is 17.0 Å². The molecule has 1 aromatic carbocycles. The molecule has 1 saturated heterocycles. The normalized spacial score (nSPS) is 21.3. The number of hydrogen-bond acceptors (Lipinski definition) is 4. The van der Waals surface area contributed by atoms with Crippen molar-refractivity contribution in [3.63, 3.8) is 0 Å². The molecule has 0 bridgehead atoms. The maximum absolute atomic E-state index is 5.70. The highest BCUT2D eigenvalue weighted by Crippen LogP contribution is 2.26. The molecule has 0 radical (unpaired) electrons. The van der Waals surface area contributed by atoms with Crippen LogP contribution in [-0.2, 0) is 16.0 Å². The van der Waals surface area contributed by atoms with E-state index in [4.69, 9.17) is 15.2 Å². The van der Waals surface area contributed by atoms with E-state index in [9.17, 15) is 0 Å². The molecule has 2 aliphatic rings. The molecule has 4 heteroatoms. The van der Waals surface area contributed by atoms with Crippen molar-refractivity contribution in [1.29, 1.82) is 0 Å². The summed E-state index contributed by atoms with van der Waals surface area (Å²) < 4.78 is 10.8. The maximum atomic E-state index is 5.70. The Labute approximate surface area is 113 Å². The minimum Gasteiger partial charge on any atom is -0.459 e. The third-order valence-corrected chi connectivity index (χ3v) is 3.88. The molecule has 2 N–H and O–H groups in total. The molecule has 0 spiro atoms. The van der Waals surface area contributed by atoms with Crippen LogP contribution in [0.2, 0.25) is 0 Å². The lowest BCUT2D eigenvalue weighted by atomic mass is 9.96. The van der Waals surface area contributed by atoms with Gasteiger partial charge in [0.2, 0.25) is 6.29 Å². The molecule has 1 fully saturated rings. The van der Waals surface area contributed by atoms with E-state index in [1.165, 1.54) is 5.56 Å². The van der Waals surface area contributed by atoms with Gasteiger partial charge >= 0.3 is 0 Å². The second kappa shape index (κ2) is 5.53. The lowest BCUT2D eigenvalue weighted by Crippen LogP contribution is -2.37. The number of nitrogens with two attached hydrogens (primary N) is 1. The third-order valence-electron chi connectivity index (χ3n) is 3.88. The number of hydrogen-bond donors (Lipinski definition) is 1. The first-order valence-corrected chi connectivity index (χ1v) is 6.84. The summed E-state index contributed by atoms with van der Waals surface area (Å²) >= 11 is 0. The van der Waals surface area contributed by atoms with Crippen LogP contribution in [0, 0.1) is 5.92 Å². The third kappa shape index (κ3) is 3.01. The Bertz CT molecular complexity index is 428. The number of benzene rings is 1. The van der Waals surface area contributed by atoms with Crippen molar-refractivity contribution in [1.82, 2.24) is 4.90 Å². The topological polar surface area (TPSA) is 47.7 Å². The molecule has 0 aliphatic carbocycles. The molecule has 4 nitrogen and oxygen atoms in total. The quantitative estimate of drug-likeness (QED) is 0.847. The van der Waals surface area contributed by atoms with Crippen LogP contribution >= 0.6 is 0 Å². The average molecular weight is 260 g/mol. The van der Waals surface area contributed by atoms with Crippen LogP contribution in [0.4, 0.5) is 5.69 Å². The largest absolute Gasteiger partial charge is 0.459 e. The second-order valence-corrected chi connectivity index (χ2v) is 5.27. The summed E-state index contributed by atoms with van der Waals surface area (Å²) in [7, 11) is 0. The van der Waals surface area contributed by atoms with Crippen LogP contribution < -0.4 is 5.73 Å². The number of nitrogen functional groups attached to an aromatic ring is 1. The summed E-state index contributed by atoms with van der Waals surface area (Å²) in [6.07, 6.45) is 5.48. The number of likely N-dealkylation sites (tertiary alicyclic amines) is 1. The van der Waals surface area contributed by atoms with Gasteiger partial charge in [0.1, 0.15) is 12.5 Å². The number of ether oxygens (including phenoxy) is 2. The van der Waals surface area contributed by atoms with E-state index in [1.54, 1.807) is 12.5 Å². The molecular formula is C15H20N2O2. The van der Waals surface area contributed by atoms with Gasteiger partial charge in [0.15, 0.2) is 0 Å². The first-order chi connectivity index (χ1) is 9.31. The highest BCUT2D eigenvalue weighted by atomic mass is 16.7. The smallest absolute Gasteiger partial charge is 0.242 e. The Kier molecular flexibility index (Phi) is 3.60. The maximum Gasteiger partial charge on any atom is 0.242 e. The van der Waals surface area contributed by atoms with Crippen molar-refractivity contribution in [3.8, 4) is 0 Å². The zero-order valence-corrected chi connectivity index (χ0v) is 11.0. The van der Waals surface area contributed by atoms with Crippen LogP contribution in [0.1, 0.15) is 18.4 Å². The van der Waals surface area contributed by atoms with Crippen molar-refractivity contribution >= 4 is 5.69 Å². The summed E-state index contributed by atoms with van der Waals surface area (Å²) in [5.74, 6) is 0.512. The van der Waals surface area contributed by atoms with E-state index in [0.29, 0.717) is 5.92 Å². The number of nitrogens with zero attached hydrogens (tertiary/aromatic N) is 1. The molecule has 0 atom stereocenters. The van der Waals surface area contributed by atoms with Crippen LogP contribution in [0.5, 0.6) is 0 Å². The summed E-state index contributed by atoms with van der Waals surface area (Å²) in [6.45, 7) is 3.19. The van der Waals surface area contributed by atoms with Crippen molar-refractivity contribution in [2.45, 2.75) is 25.7 Å². The Balaban J connectivity index is 1.48. The van der Waals surface area contributed by atoms with Gasteiger partial charge in [0.05, 0.1) is 0 Å². The number of piperidine rings is 1. The fourth-order valence-corrected chi connectivity index (χ4v) is 2.74. The molecule has 1 aromatic rings. The predicted octanol–water partition coefficient (Wildman–Crippen LogP) is 2.32. The monoisotopic (exact) mass is 260 g/mol. The molecule has 102 valence electrons. The van der Waals surface area contributed by atoms with Crippen LogP contribution in [-0.4, -0.2) is 24.3 Å². The van der Waals surface area contributed by atoms with Gasteiger partial charge in [-0.3, -0.25) is 4.90 Å². The van der Waals surface area contributed by atoms with Gasteiger partial charge in [-0.05, 0) is 43.6 Å². The molecule has 19 heavy (non-hydrogen) atoms. The average Bonchev–Trinajstić information content (AvgIpc) is 2.96. The first-order valence-electron chi connectivity index (χ1n) is 6.84. The zero-order chi connectivity index (χ0) is 13.1. The zero-order valence-electron chi connectivity index (χ0n) is 11.0. The van der Waals surface area contributed by atoms with Crippen molar-refractivity contribution < 1.29 is 9.47 Å². The summed E-state index contributed by atoms with van der Waals surface area (Å²) in [5, 5.41) is 0. The highest BCUT2D eigenvalue weighted by Gasteiger charge is 2.29. The molecule has 0 saturated carbocycles. The lowest BCUT2D eigenvalue weighted by Gasteiger charge is -2.33. The van der Waals surface area contributed by atoms with E-state index < -0.39 is 0 Å². The molecule has 2 aliphatic heterocycles. The molecule has 2 heterocycles. The van der Waals surface area contributed by atoms with Gasteiger partial charge in [-0.15, -0.1) is 0 Å². The predicted molar refractivity (Wildman–Crippen MR) is 74.0 cm³/mol. The second-order valence-electron chi connectivity index (χ2n) is 5.27. The Morgan fingerprint density at radius 1 is 1.05 bits per heavy atom. The van der Waals surface area contributed by atoms with Gasteiger partial charge in [-0.2, -0.15) is 0 Å². The van der Waals surface area contributed by atoms with Crippen molar-refractivity contribution in [2.24, 2.45) is 5.92 Å². The van der Waals surface area contributed by atoms with Crippen LogP contribution in [0.3, 0.4) is 0 Å². The fourth-order valence-electron chi connectivity index (χ4n) is 2.74. The summed E-state index contributed by atoms with van der Waals surface area (Å²) in [6, 6.07) is 8.14. The van der Waals surface area contributed by atoms with Crippen molar-refractivity contribution in [3.05, 3.63) is 42.4 Å². The minimum absolute atomic E-state index is 0.0568. The van der Waals surface area contributed by atoms with Crippen molar-refractivity contribution in [2.75, 3.05) is 18.8 Å². The van der Waals surface area contributed by atoms with Gasteiger partial charge in [-0.25, -0.2) is 0 Å². The molecule has 0 amide bonds. The van der Waals surface area contributed by atoms with E-state index in [0.717, 1.165) is 38.2 Å². The minimum atomic E-state index is -0.0568. The van der Waals surface area contributed by atoms with E-state index in [-0.39, 0.29) is 6.29 Å². The van der Waals surface area contributed by atoms with E-state index >= 15 is 0 Å². The molecule has 3 rings (SSSR count). The van der Waals surface area contributed by atoms with Gasteiger partial charge < -0.3 is 15.2 Å². The molecular weight excluding hydrogens is 240 g/mol. The molecule has 0 aromatic heterocycles. The van der Waals surface area contributed by atoms with Crippen LogP contribution in [0.25, 0.3) is 0 Å². The van der Waals surface area contributed by atoms with Gasteiger partial charge in [-0.1, -0.05) is 12.1 Å². The fraction of sp³-hybridized carbons (Fsp3) is 0.467. The van der Waals surface area contributed by atoms with Gasteiger partial charge in [0, 0.05) is 18.2 Å². The van der Waals surface area contributed by atoms with Crippen LogP contribution in [0.15, 0.2) is 36.8 Å². The lowest BCUT2D eigenvalue weighted by molar-refractivity contribution is -0.0828. The van der Waals surface area contributed by atoms with Gasteiger partial charge in [0.25, 0.3) is 0 Å². The summed E-state index contributed by atoms with van der Waals surface area (Å²) in [5.41, 5.74) is 7.85. The Morgan fingerprint density at radius 2 is 1.68 bits per heavy atom. The Hall–Kier alpha value is -1.68.